The molecule has 0 aliphatic rings. The van der Waals surface area contributed by atoms with E-state index in [0.29, 0.717) is 5.75 Å². The van der Waals surface area contributed by atoms with Crippen molar-refractivity contribution in [3.63, 3.8) is 0 Å². The van der Waals surface area contributed by atoms with Crippen LogP contribution in [0.15, 0.2) is 24.3 Å². The highest BCUT2D eigenvalue weighted by molar-refractivity contribution is 6.11. The Morgan fingerprint density at radius 3 is 2.17 bits per heavy atom. The molecule has 0 aromatic heterocycles. The molecular weight excluding hydrogens is 239 g/mol. The molecule has 18 heavy (non-hydrogen) atoms. The normalized spacial score (nSPS) is 12.1. The molecule has 1 aromatic carbocycles. The van der Waals surface area contributed by atoms with Crippen molar-refractivity contribution in [3.05, 3.63) is 29.8 Å². The Bertz CT molecular complexity index is 425. The predicted molar refractivity (Wildman–Crippen MR) is 63.4 cm³/mol. The van der Waals surface area contributed by atoms with Crippen molar-refractivity contribution in [3.8, 4) is 5.75 Å². The van der Waals surface area contributed by atoms with Gasteiger partial charge in [0.2, 0.25) is 5.78 Å². The van der Waals surface area contributed by atoms with E-state index in [4.69, 9.17) is 4.74 Å². The van der Waals surface area contributed by atoms with E-state index in [0.717, 1.165) is 0 Å². The SMILES string of the molecule is COc1ccc(C(=O)C(F)C(=O)OC(C)C)cc1. The monoisotopic (exact) mass is 254 g/mol. The molecule has 5 heteroatoms. The summed E-state index contributed by atoms with van der Waals surface area (Å²) < 4.78 is 23.1. The van der Waals surface area contributed by atoms with Crippen molar-refractivity contribution in [2.24, 2.45) is 0 Å². The highest BCUT2D eigenvalue weighted by Crippen LogP contribution is 2.14. The fraction of sp³-hybridized carbons (Fsp3) is 0.385. The molecule has 98 valence electrons. The third-order valence-electron chi connectivity index (χ3n) is 2.16. The Balaban J connectivity index is 2.76. The summed E-state index contributed by atoms with van der Waals surface area (Å²) in [7, 11) is 1.48. The van der Waals surface area contributed by atoms with Crippen LogP contribution in [0.25, 0.3) is 0 Å². The standard InChI is InChI=1S/C13H15FO4/c1-8(2)18-13(16)11(14)12(15)9-4-6-10(17-3)7-5-9/h4-8,11H,1-3H3. The molecule has 1 rings (SSSR count). The van der Waals surface area contributed by atoms with E-state index < -0.39 is 24.0 Å². The fourth-order valence-corrected chi connectivity index (χ4v) is 1.30. The number of Topliss-reactive ketones (excluding diaryl/α,β-unsaturated/α-hetero) is 1. The molecule has 0 fully saturated rings. The summed E-state index contributed by atoms with van der Waals surface area (Å²) in [6, 6.07) is 5.84. The largest absolute Gasteiger partial charge is 0.497 e. The van der Waals surface area contributed by atoms with Crippen LogP contribution in [0.1, 0.15) is 24.2 Å². The van der Waals surface area contributed by atoms with E-state index in [1.54, 1.807) is 13.8 Å². The van der Waals surface area contributed by atoms with E-state index in [-0.39, 0.29) is 5.56 Å². The lowest BCUT2D eigenvalue weighted by atomic mass is 10.1. The van der Waals surface area contributed by atoms with Crippen LogP contribution >= 0.6 is 0 Å². The number of methoxy groups -OCH3 is 1. The van der Waals surface area contributed by atoms with Crippen LogP contribution in [0.2, 0.25) is 0 Å². The molecule has 0 aliphatic heterocycles. The maximum atomic E-state index is 13.6. The van der Waals surface area contributed by atoms with Crippen LogP contribution in [-0.4, -0.2) is 31.1 Å². The quantitative estimate of drug-likeness (QED) is 0.459. The number of esters is 1. The highest BCUT2D eigenvalue weighted by Gasteiger charge is 2.29. The zero-order chi connectivity index (χ0) is 13.7. The first kappa shape index (κ1) is 14.2. The van der Waals surface area contributed by atoms with Gasteiger partial charge in [0, 0.05) is 5.56 Å². The second kappa shape index (κ2) is 6.14. The van der Waals surface area contributed by atoms with Gasteiger partial charge in [-0.15, -0.1) is 0 Å². The molecule has 4 nitrogen and oxygen atoms in total. The molecule has 0 spiro atoms. The zero-order valence-corrected chi connectivity index (χ0v) is 10.5. The number of rotatable bonds is 5. The smallest absolute Gasteiger partial charge is 0.349 e. The number of carbonyl (C=O) groups is 2. The second-order valence-electron chi connectivity index (χ2n) is 3.94. The molecule has 0 N–H and O–H groups in total. The molecule has 0 bridgehead atoms. The Morgan fingerprint density at radius 2 is 1.72 bits per heavy atom. The van der Waals surface area contributed by atoms with Gasteiger partial charge in [-0.05, 0) is 38.1 Å². The van der Waals surface area contributed by atoms with E-state index in [9.17, 15) is 14.0 Å². The van der Waals surface area contributed by atoms with Gasteiger partial charge in [0.1, 0.15) is 5.75 Å². The first-order valence-corrected chi connectivity index (χ1v) is 5.48. The molecule has 0 saturated heterocycles. The number of benzene rings is 1. The first-order valence-electron chi connectivity index (χ1n) is 5.48. The van der Waals surface area contributed by atoms with Crippen LogP contribution in [0, 0.1) is 0 Å². The number of alkyl halides is 1. The summed E-state index contributed by atoms with van der Waals surface area (Å²) >= 11 is 0. The maximum Gasteiger partial charge on any atom is 0.349 e. The Labute approximate surface area is 105 Å². The molecule has 0 saturated carbocycles. The van der Waals surface area contributed by atoms with E-state index >= 15 is 0 Å². The average molecular weight is 254 g/mol. The minimum Gasteiger partial charge on any atom is -0.497 e. The van der Waals surface area contributed by atoms with Crippen molar-refractivity contribution in [2.45, 2.75) is 26.1 Å². The van der Waals surface area contributed by atoms with Crippen LogP contribution < -0.4 is 4.74 Å². The van der Waals surface area contributed by atoms with Gasteiger partial charge >= 0.3 is 5.97 Å². The maximum absolute atomic E-state index is 13.6. The predicted octanol–water partition coefficient (Wildman–Crippen LogP) is 2.17. The van der Waals surface area contributed by atoms with Crippen molar-refractivity contribution < 1.29 is 23.5 Å². The van der Waals surface area contributed by atoms with Crippen LogP contribution in [0.3, 0.4) is 0 Å². The zero-order valence-electron chi connectivity index (χ0n) is 10.5. The summed E-state index contributed by atoms with van der Waals surface area (Å²) in [5.74, 6) is -1.53. The van der Waals surface area contributed by atoms with Crippen molar-refractivity contribution in [1.29, 1.82) is 0 Å². The number of ether oxygens (including phenoxy) is 2. The van der Waals surface area contributed by atoms with E-state index in [2.05, 4.69) is 4.74 Å². The lowest BCUT2D eigenvalue weighted by Gasteiger charge is -2.10. The van der Waals surface area contributed by atoms with Gasteiger partial charge in [-0.3, -0.25) is 4.79 Å². The number of ketones is 1. The Hall–Kier alpha value is -1.91. The summed E-state index contributed by atoms with van der Waals surface area (Å²) in [4.78, 5) is 22.9. The summed E-state index contributed by atoms with van der Waals surface area (Å²) in [6.07, 6.45) is -2.75. The van der Waals surface area contributed by atoms with Crippen molar-refractivity contribution in [2.75, 3.05) is 7.11 Å². The summed E-state index contributed by atoms with van der Waals surface area (Å²) in [5, 5.41) is 0. The second-order valence-corrected chi connectivity index (χ2v) is 3.94. The first-order chi connectivity index (χ1) is 8.45. The molecule has 0 radical (unpaired) electrons. The Kier molecular flexibility index (Phi) is 4.83. The number of hydrogen-bond acceptors (Lipinski definition) is 4. The van der Waals surface area contributed by atoms with Crippen molar-refractivity contribution in [1.82, 2.24) is 0 Å². The number of carbonyl (C=O) groups excluding carboxylic acids is 2. The molecule has 1 atom stereocenters. The third kappa shape index (κ3) is 3.55. The molecule has 0 amide bonds. The van der Waals surface area contributed by atoms with Gasteiger partial charge in [-0.2, -0.15) is 0 Å². The van der Waals surface area contributed by atoms with Gasteiger partial charge in [0.05, 0.1) is 13.2 Å². The third-order valence-corrected chi connectivity index (χ3v) is 2.16. The van der Waals surface area contributed by atoms with Gasteiger partial charge in [0.15, 0.2) is 0 Å². The van der Waals surface area contributed by atoms with Crippen LogP contribution in [-0.2, 0) is 9.53 Å². The molecule has 1 unspecified atom stereocenters. The summed E-state index contributed by atoms with van der Waals surface area (Å²) in [6.45, 7) is 3.17. The summed E-state index contributed by atoms with van der Waals surface area (Å²) in [5.41, 5.74) is 0.101. The van der Waals surface area contributed by atoms with Gasteiger partial charge in [-0.25, -0.2) is 9.18 Å². The van der Waals surface area contributed by atoms with Gasteiger partial charge < -0.3 is 9.47 Å². The van der Waals surface area contributed by atoms with Crippen LogP contribution in [0.5, 0.6) is 5.75 Å². The van der Waals surface area contributed by atoms with Crippen molar-refractivity contribution >= 4 is 11.8 Å². The molecule has 0 heterocycles. The molecular formula is C13H15FO4. The van der Waals surface area contributed by atoms with E-state index in [1.165, 1.54) is 31.4 Å². The topological polar surface area (TPSA) is 52.6 Å². The Morgan fingerprint density at radius 1 is 1.17 bits per heavy atom. The fourth-order valence-electron chi connectivity index (χ4n) is 1.30. The number of hydrogen-bond donors (Lipinski definition) is 0. The molecule has 0 aliphatic carbocycles. The van der Waals surface area contributed by atoms with Crippen LogP contribution in [0.4, 0.5) is 4.39 Å². The highest BCUT2D eigenvalue weighted by atomic mass is 19.1. The minimum absolute atomic E-state index is 0.101. The van der Waals surface area contributed by atoms with Gasteiger partial charge in [0.25, 0.3) is 6.17 Å². The van der Waals surface area contributed by atoms with E-state index in [1.807, 2.05) is 0 Å². The number of halogens is 1. The lowest BCUT2D eigenvalue weighted by molar-refractivity contribution is -0.151. The minimum atomic E-state index is -2.29. The lowest BCUT2D eigenvalue weighted by Crippen LogP contribution is -2.29. The van der Waals surface area contributed by atoms with Gasteiger partial charge in [-0.1, -0.05) is 0 Å². The molecule has 1 aromatic rings. The average Bonchev–Trinajstić information content (AvgIpc) is 2.36.